The molecule has 0 bridgehead atoms. The number of hydrogen-bond acceptors (Lipinski definition) is 5. The van der Waals surface area contributed by atoms with Gasteiger partial charge in [-0.05, 0) is 42.7 Å². The summed E-state index contributed by atoms with van der Waals surface area (Å²) < 4.78 is 27.9. The molecule has 0 radical (unpaired) electrons. The van der Waals surface area contributed by atoms with Crippen LogP contribution in [0, 0.1) is 0 Å². The minimum atomic E-state index is -3.66. The van der Waals surface area contributed by atoms with Crippen LogP contribution in [0.4, 0.5) is 0 Å². The number of rotatable bonds is 5. The molecule has 6 nitrogen and oxygen atoms in total. The van der Waals surface area contributed by atoms with Crippen LogP contribution in [-0.2, 0) is 21.2 Å². The largest absolute Gasteiger partial charge is 0.469 e. The van der Waals surface area contributed by atoms with E-state index in [1.807, 2.05) is 12.1 Å². The number of Topliss-reactive ketones (excluding diaryl/α,β-unsaturated/α-hetero) is 1. The molecular weight excluding hydrogens is 340 g/mol. The Hall–Kier alpha value is -2.25. The van der Waals surface area contributed by atoms with Crippen molar-refractivity contribution in [3.05, 3.63) is 54.0 Å². The number of ketones is 1. The molecule has 0 unspecified atom stereocenters. The first-order valence-electron chi connectivity index (χ1n) is 8.11. The third-order valence-corrected chi connectivity index (χ3v) is 5.22. The van der Waals surface area contributed by atoms with Gasteiger partial charge in [-0.3, -0.25) is 9.79 Å². The summed E-state index contributed by atoms with van der Waals surface area (Å²) in [7, 11) is -3.66. The average molecular weight is 360 g/mol. The van der Waals surface area contributed by atoms with Crippen LogP contribution in [0.25, 0.3) is 0 Å². The molecule has 1 aromatic heterocycles. The van der Waals surface area contributed by atoms with E-state index in [1.165, 1.54) is 12.1 Å². The van der Waals surface area contributed by atoms with E-state index in [9.17, 15) is 13.2 Å². The number of furan rings is 1. The number of primary sulfonamides is 1. The van der Waals surface area contributed by atoms with Crippen LogP contribution >= 0.6 is 0 Å². The molecule has 1 aliphatic rings. The number of aliphatic imine (C=N–C) groups is 1. The van der Waals surface area contributed by atoms with Crippen molar-refractivity contribution in [3.8, 4) is 0 Å². The summed E-state index contributed by atoms with van der Waals surface area (Å²) in [6.07, 6.45) is 3.94. The minimum Gasteiger partial charge on any atom is -0.469 e. The summed E-state index contributed by atoms with van der Waals surface area (Å²) in [5, 5.41) is 5.08. The Balaban J connectivity index is 1.60. The summed E-state index contributed by atoms with van der Waals surface area (Å²) in [6.45, 7) is 0.558. The zero-order chi connectivity index (χ0) is 17.9. The molecule has 2 aromatic rings. The number of carbonyl (C=O) groups is 1. The summed E-state index contributed by atoms with van der Waals surface area (Å²) in [6, 6.07) is 10.2. The molecule has 1 aliphatic carbocycles. The topological polar surface area (TPSA) is 103 Å². The van der Waals surface area contributed by atoms with Crippen molar-refractivity contribution in [1.29, 1.82) is 0 Å². The Morgan fingerprint density at radius 1 is 1.16 bits per heavy atom. The number of hydrogen-bond donors (Lipinski definition) is 1. The van der Waals surface area contributed by atoms with Crippen LogP contribution in [0.3, 0.4) is 0 Å². The summed E-state index contributed by atoms with van der Waals surface area (Å²) in [4.78, 5) is 16.6. The molecule has 1 saturated carbocycles. The fourth-order valence-corrected chi connectivity index (χ4v) is 3.55. The van der Waals surface area contributed by atoms with Crippen LogP contribution < -0.4 is 5.14 Å². The highest BCUT2D eigenvalue weighted by Gasteiger charge is 2.26. The fourth-order valence-electron chi connectivity index (χ4n) is 3.04. The number of nitrogens with zero attached hydrogens (tertiary/aromatic N) is 1. The molecule has 2 N–H and O–H groups in total. The average Bonchev–Trinajstić information content (AvgIpc) is 3.08. The van der Waals surface area contributed by atoms with Crippen molar-refractivity contribution in [3.63, 3.8) is 0 Å². The van der Waals surface area contributed by atoms with Gasteiger partial charge in [0.15, 0.2) is 0 Å². The standard InChI is InChI=1S/C18H20N2O4S/c19-25(22,23)17-5-3-13(4-6-17)7-8-20-15-10-14(11-16(21)12-15)18-2-1-9-24-18/h1-6,9,14H,7-8,10-12H2,(H2,19,22,23)/t14-/m0/s1. The van der Waals surface area contributed by atoms with E-state index in [-0.39, 0.29) is 16.6 Å². The van der Waals surface area contributed by atoms with E-state index in [4.69, 9.17) is 9.56 Å². The zero-order valence-corrected chi connectivity index (χ0v) is 14.5. The predicted molar refractivity (Wildman–Crippen MR) is 94.1 cm³/mol. The molecule has 1 aromatic carbocycles. The molecule has 0 saturated heterocycles. The molecule has 1 fully saturated rings. The Morgan fingerprint density at radius 3 is 2.56 bits per heavy atom. The fraction of sp³-hybridized carbons (Fsp3) is 0.333. The highest BCUT2D eigenvalue weighted by atomic mass is 32.2. The molecule has 3 rings (SSSR count). The molecule has 0 amide bonds. The first kappa shape index (κ1) is 17.6. The van der Waals surface area contributed by atoms with Crippen LogP contribution in [0.1, 0.15) is 36.5 Å². The summed E-state index contributed by atoms with van der Waals surface area (Å²) >= 11 is 0. The summed E-state index contributed by atoms with van der Waals surface area (Å²) in [5.41, 5.74) is 1.88. The van der Waals surface area contributed by atoms with Crippen LogP contribution in [0.5, 0.6) is 0 Å². The third-order valence-electron chi connectivity index (χ3n) is 4.29. The first-order chi connectivity index (χ1) is 11.9. The van der Waals surface area contributed by atoms with Crippen molar-refractivity contribution in [2.24, 2.45) is 10.1 Å². The van der Waals surface area contributed by atoms with Crippen LogP contribution in [0.15, 0.2) is 57.0 Å². The number of carbonyl (C=O) groups excluding carboxylic acids is 1. The summed E-state index contributed by atoms with van der Waals surface area (Å²) in [5.74, 6) is 1.09. The molecule has 0 spiro atoms. The highest BCUT2D eigenvalue weighted by Crippen LogP contribution is 2.30. The monoisotopic (exact) mass is 360 g/mol. The third kappa shape index (κ3) is 4.64. The zero-order valence-electron chi connectivity index (χ0n) is 13.7. The number of sulfonamides is 1. The van der Waals surface area contributed by atoms with Gasteiger partial charge in [-0.15, -0.1) is 0 Å². The lowest BCUT2D eigenvalue weighted by Crippen LogP contribution is -2.21. The molecule has 1 heterocycles. The normalized spacial score (nSPS) is 20.1. The smallest absolute Gasteiger partial charge is 0.238 e. The van der Waals surface area contributed by atoms with E-state index < -0.39 is 10.0 Å². The Bertz CT molecular complexity index is 868. The quantitative estimate of drug-likeness (QED) is 0.884. The van der Waals surface area contributed by atoms with Crippen LogP contribution in [0.2, 0.25) is 0 Å². The van der Waals surface area contributed by atoms with Crippen molar-refractivity contribution < 1.29 is 17.6 Å². The molecule has 0 aliphatic heterocycles. The lowest BCUT2D eigenvalue weighted by atomic mass is 9.85. The first-order valence-corrected chi connectivity index (χ1v) is 9.65. The van der Waals surface area contributed by atoms with E-state index >= 15 is 0 Å². The number of nitrogens with two attached hydrogens (primary N) is 1. The lowest BCUT2D eigenvalue weighted by molar-refractivity contribution is -0.118. The number of benzene rings is 1. The predicted octanol–water partition coefficient (Wildman–Crippen LogP) is 2.45. The maximum Gasteiger partial charge on any atom is 0.238 e. The second kappa shape index (κ2) is 7.33. The Morgan fingerprint density at radius 2 is 1.92 bits per heavy atom. The second-order valence-electron chi connectivity index (χ2n) is 6.22. The van der Waals surface area contributed by atoms with E-state index in [0.29, 0.717) is 25.8 Å². The van der Waals surface area contributed by atoms with Gasteiger partial charge in [0, 0.05) is 31.0 Å². The van der Waals surface area contributed by atoms with Crippen molar-refractivity contribution in [2.75, 3.05) is 6.54 Å². The molecule has 132 valence electrons. The van der Waals surface area contributed by atoms with Gasteiger partial charge in [-0.25, -0.2) is 13.6 Å². The van der Waals surface area contributed by atoms with Gasteiger partial charge in [0.2, 0.25) is 10.0 Å². The Kier molecular flexibility index (Phi) is 5.15. The van der Waals surface area contributed by atoms with Gasteiger partial charge in [0.1, 0.15) is 11.5 Å². The van der Waals surface area contributed by atoms with E-state index in [2.05, 4.69) is 4.99 Å². The Labute approximate surface area is 146 Å². The molecule has 25 heavy (non-hydrogen) atoms. The molecule has 1 atom stereocenters. The second-order valence-corrected chi connectivity index (χ2v) is 7.78. The van der Waals surface area contributed by atoms with E-state index in [1.54, 1.807) is 18.4 Å². The SMILES string of the molecule is NS(=O)(=O)c1ccc(CCN=C2CC(=O)C[C@@H](c3ccco3)C2)cc1. The van der Waals surface area contributed by atoms with Gasteiger partial charge in [-0.1, -0.05) is 12.1 Å². The van der Waals surface area contributed by atoms with Gasteiger partial charge in [0.25, 0.3) is 0 Å². The van der Waals surface area contributed by atoms with Crippen molar-refractivity contribution in [1.82, 2.24) is 0 Å². The van der Waals surface area contributed by atoms with Gasteiger partial charge >= 0.3 is 0 Å². The van der Waals surface area contributed by atoms with Crippen LogP contribution in [-0.4, -0.2) is 26.5 Å². The van der Waals surface area contributed by atoms with Gasteiger partial charge < -0.3 is 4.42 Å². The van der Waals surface area contributed by atoms with Gasteiger partial charge in [-0.2, -0.15) is 0 Å². The highest BCUT2D eigenvalue weighted by molar-refractivity contribution is 7.89. The van der Waals surface area contributed by atoms with Crippen molar-refractivity contribution >= 4 is 21.5 Å². The molecular formula is C18H20N2O4S. The maximum absolute atomic E-state index is 12.0. The minimum absolute atomic E-state index is 0.0732. The maximum atomic E-state index is 12.0. The molecule has 7 heteroatoms. The van der Waals surface area contributed by atoms with Gasteiger partial charge in [0.05, 0.1) is 11.2 Å². The van der Waals surface area contributed by atoms with Crippen molar-refractivity contribution in [2.45, 2.75) is 36.5 Å². The van der Waals surface area contributed by atoms with E-state index in [0.717, 1.165) is 23.5 Å². The lowest BCUT2D eigenvalue weighted by Gasteiger charge is -2.20.